The summed E-state index contributed by atoms with van der Waals surface area (Å²) in [6.45, 7) is 4.11. The molecule has 0 spiro atoms. The molecule has 1 aromatic rings. The van der Waals surface area contributed by atoms with Crippen LogP contribution in [0, 0.1) is 11.7 Å². The summed E-state index contributed by atoms with van der Waals surface area (Å²) in [5, 5.41) is 0.604. The predicted molar refractivity (Wildman–Crippen MR) is 50.0 cm³/mol. The van der Waals surface area contributed by atoms with Gasteiger partial charge in [0.1, 0.15) is 5.82 Å². The Kier molecular flexibility index (Phi) is 3.10. The second-order valence-electron chi connectivity index (χ2n) is 3.33. The molecular weight excluding hydrogens is 175 g/mol. The van der Waals surface area contributed by atoms with Crippen molar-refractivity contribution < 1.29 is 4.39 Å². The fraction of sp³-hybridized carbons (Fsp3) is 0.400. The number of hydrogen-bond donors (Lipinski definition) is 0. The van der Waals surface area contributed by atoms with Crippen molar-refractivity contribution in [2.45, 2.75) is 20.3 Å². The van der Waals surface area contributed by atoms with Crippen molar-refractivity contribution in [3.05, 3.63) is 34.6 Å². The minimum absolute atomic E-state index is 0.159. The quantitative estimate of drug-likeness (QED) is 0.661. The van der Waals surface area contributed by atoms with Crippen LogP contribution in [0.3, 0.4) is 0 Å². The first kappa shape index (κ1) is 9.53. The van der Waals surface area contributed by atoms with Crippen molar-refractivity contribution >= 4 is 11.6 Å². The zero-order valence-corrected chi connectivity index (χ0v) is 8.03. The summed E-state index contributed by atoms with van der Waals surface area (Å²) < 4.78 is 13.1. The van der Waals surface area contributed by atoms with E-state index in [1.165, 1.54) is 6.07 Å². The lowest BCUT2D eigenvalue weighted by Gasteiger charge is -2.05. The van der Waals surface area contributed by atoms with Crippen LogP contribution in [0.25, 0.3) is 0 Å². The molecule has 0 fully saturated rings. The average Bonchev–Trinajstić information content (AvgIpc) is 1.96. The molecule has 0 aromatic heterocycles. The Morgan fingerprint density at radius 1 is 1.42 bits per heavy atom. The highest BCUT2D eigenvalue weighted by Crippen LogP contribution is 2.17. The van der Waals surface area contributed by atoms with Gasteiger partial charge in [0.2, 0.25) is 0 Å². The second kappa shape index (κ2) is 3.90. The highest BCUT2D eigenvalue weighted by Gasteiger charge is 2.04. The Bertz CT molecular complexity index is 269. The minimum atomic E-state index is -0.159. The van der Waals surface area contributed by atoms with E-state index in [1.54, 1.807) is 12.1 Å². The lowest BCUT2D eigenvalue weighted by atomic mass is 10.0. The Morgan fingerprint density at radius 3 is 2.67 bits per heavy atom. The van der Waals surface area contributed by atoms with E-state index in [4.69, 9.17) is 11.6 Å². The van der Waals surface area contributed by atoms with E-state index in [2.05, 4.69) is 13.8 Å². The van der Waals surface area contributed by atoms with Crippen molar-refractivity contribution in [1.82, 2.24) is 0 Å². The van der Waals surface area contributed by atoms with E-state index in [9.17, 15) is 4.39 Å². The van der Waals surface area contributed by atoms with Crippen LogP contribution in [-0.2, 0) is 6.42 Å². The molecular formula is C10H12ClF. The van der Waals surface area contributed by atoms with E-state index in [0.717, 1.165) is 6.42 Å². The fourth-order valence-corrected chi connectivity index (χ4v) is 1.33. The minimum Gasteiger partial charge on any atom is -0.207 e. The van der Waals surface area contributed by atoms with E-state index in [0.29, 0.717) is 16.5 Å². The number of hydrogen-bond acceptors (Lipinski definition) is 0. The molecule has 0 amide bonds. The predicted octanol–water partition coefficient (Wildman–Crippen LogP) is 3.68. The van der Waals surface area contributed by atoms with Gasteiger partial charge in [0.05, 0.1) is 0 Å². The van der Waals surface area contributed by atoms with Gasteiger partial charge in [-0.3, -0.25) is 0 Å². The van der Waals surface area contributed by atoms with Gasteiger partial charge in [-0.25, -0.2) is 4.39 Å². The highest BCUT2D eigenvalue weighted by atomic mass is 35.5. The van der Waals surface area contributed by atoms with Crippen LogP contribution >= 0.6 is 11.6 Å². The maximum absolute atomic E-state index is 13.1. The molecule has 0 saturated heterocycles. The first-order valence-electron chi connectivity index (χ1n) is 4.03. The van der Waals surface area contributed by atoms with E-state index < -0.39 is 0 Å². The van der Waals surface area contributed by atoms with Gasteiger partial charge in [-0.2, -0.15) is 0 Å². The molecule has 0 N–H and O–H groups in total. The molecule has 0 nitrogen and oxygen atoms in total. The molecule has 0 atom stereocenters. The first-order chi connectivity index (χ1) is 5.59. The zero-order valence-electron chi connectivity index (χ0n) is 7.27. The highest BCUT2D eigenvalue weighted by molar-refractivity contribution is 6.30. The van der Waals surface area contributed by atoms with Crippen molar-refractivity contribution in [2.75, 3.05) is 0 Å². The molecule has 0 aliphatic rings. The standard InChI is InChI=1S/C10H12ClF/c1-7(2)5-8-6-9(11)3-4-10(8)12/h3-4,6-7H,5H2,1-2H3. The van der Waals surface area contributed by atoms with Crippen molar-refractivity contribution in [3.63, 3.8) is 0 Å². The van der Waals surface area contributed by atoms with Gasteiger partial charge in [-0.05, 0) is 36.1 Å². The number of halogens is 2. The van der Waals surface area contributed by atoms with Crippen LogP contribution in [-0.4, -0.2) is 0 Å². The van der Waals surface area contributed by atoms with Gasteiger partial charge in [-0.15, -0.1) is 0 Å². The van der Waals surface area contributed by atoms with E-state index in [-0.39, 0.29) is 5.82 Å². The monoisotopic (exact) mass is 186 g/mol. The molecule has 0 bridgehead atoms. The normalized spacial score (nSPS) is 10.8. The Morgan fingerprint density at radius 2 is 2.08 bits per heavy atom. The van der Waals surface area contributed by atoms with Crippen LogP contribution in [0.5, 0.6) is 0 Å². The van der Waals surface area contributed by atoms with E-state index >= 15 is 0 Å². The SMILES string of the molecule is CC(C)Cc1cc(Cl)ccc1F. The third-order valence-corrected chi connectivity index (χ3v) is 1.87. The van der Waals surface area contributed by atoms with Gasteiger partial charge in [0.15, 0.2) is 0 Å². The van der Waals surface area contributed by atoms with Gasteiger partial charge in [0.25, 0.3) is 0 Å². The molecule has 0 saturated carbocycles. The summed E-state index contributed by atoms with van der Waals surface area (Å²) in [7, 11) is 0. The number of rotatable bonds is 2. The summed E-state index contributed by atoms with van der Waals surface area (Å²) in [4.78, 5) is 0. The largest absolute Gasteiger partial charge is 0.207 e. The second-order valence-corrected chi connectivity index (χ2v) is 3.77. The smallest absolute Gasteiger partial charge is 0.126 e. The summed E-state index contributed by atoms with van der Waals surface area (Å²) in [6.07, 6.45) is 0.742. The van der Waals surface area contributed by atoms with Gasteiger partial charge >= 0.3 is 0 Å². The Labute approximate surface area is 77.4 Å². The van der Waals surface area contributed by atoms with Crippen LogP contribution in [0.4, 0.5) is 4.39 Å². The van der Waals surface area contributed by atoms with Gasteiger partial charge in [-0.1, -0.05) is 25.4 Å². The fourth-order valence-electron chi connectivity index (χ4n) is 1.14. The molecule has 0 unspecified atom stereocenters. The van der Waals surface area contributed by atoms with Crippen LogP contribution in [0.2, 0.25) is 5.02 Å². The Balaban J connectivity index is 2.90. The molecule has 2 heteroatoms. The molecule has 0 aliphatic carbocycles. The van der Waals surface area contributed by atoms with Crippen LogP contribution < -0.4 is 0 Å². The molecule has 12 heavy (non-hydrogen) atoms. The molecule has 0 heterocycles. The van der Waals surface area contributed by atoms with Gasteiger partial charge in [0, 0.05) is 5.02 Å². The third kappa shape index (κ3) is 2.49. The van der Waals surface area contributed by atoms with E-state index in [1.807, 2.05) is 0 Å². The van der Waals surface area contributed by atoms with Crippen molar-refractivity contribution in [3.8, 4) is 0 Å². The zero-order chi connectivity index (χ0) is 9.14. The average molecular weight is 187 g/mol. The van der Waals surface area contributed by atoms with Crippen LogP contribution in [0.1, 0.15) is 19.4 Å². The third-order valence-electron chi connectivity index (χ3n) is 1.64. The summed E-state index contributed by atoms with van der Waals surface area (Å²) in [5.74, 6) is 0.297. The summed E-state index contributed by atoms with van der Waals surface area (Å²) >= 11 is 5.73. The summed E-state index contributed by atoms with van der Waals surface area (Å²) in [5.41, 5.74) is 0.706. The molecule has 0 aliphatic heterocycles. The van der Waals surface area contributed by atoms with Crippen molar-refractivity contribution in [2.24, 2.45) is 5.92 Å². The molecule has 1 aromatic carbocycles. The lowest BCUT2D eigenvalue weighted by molar-refractivity contribution is 0.574. The maximum Gasteiger partial charge on any atom is 0.126 e. The molecule has 1 rings (SSSR count). The first-order valence-corrected chi connectivity index (χ1v) is 4.41. The maximum atomic E-state index is 13.1. The Hall–Kier alpha value is -0.560. The summed E-state index contributed by atoms with van der Waals surface area (Å²) in [6, 6.07) is 4.68. The van der Waals surface area contributed by atoms with Crippen LogP contribution in [0.15, 0.2) is 18.2 Å². The lowest BCUT2D eigenvalue weighted by Crippen LogP contribution is -1.96. The molecule has 0 radical (unpaired) electrons. The topological polar surface area (TPSA) is 0 Å². The van der Waals surface area contributed by atoms with Gasteiger partial charge < -0.3 is 0 Å². The number of benzene rings is 1. The van der Waals surface area contributed by atoms with Crippen molar-refractivity contribution in [1.29, 1.82) is 0 Å². The molecule has 66 valence electrons.